The third-order valence-electron chi connectivity index (χ3n) is 2.08. The minimum atomic E-state index is -0.972. The Bertz CT molecular complexity index is 215. The summed E-state index contributed by atoms with van der Waals surface area (Å²) in [5, 5.41) is 17.0. The van der Waals surface area contributed by atoms with Gasteiger partial charge < -0.3 is 10.2 Å². The molecule has 0 aromatic rings. The monoisotopic (exact) mass is 220 g/mol. The quantitative estimate of drug-likeness (QED) is 0.593. The van der Waals surface area contributed by atoms with Crippen molar-refractivity contribution in [2.75, 3.05) is 0 Å². The molecule has 0 aromatic carbocycles. The molecule has 2 unspecified atom stereocenters. The van der Waals surface area contributed by atoms with Gasteiger partial charge in [-0.05, 0) is 12.3 Å². The van der Waals surface area contributed by atoms with Gasteiger partial charge in [-0.3, -0.25) is 9.59 Å². The van der Waals surface area contributed by atoms with Crippen LogP contribution in [0.3, 0.4) is 0 Å². The number of aliphatic carboxylic acids is 2. The summed E-state index contributed by atoms with van der Waals surface area (Å²) in [6.07, 6.45) is 0.0117. The molecule has 0 rings (SSSR count). The Labute approximate surface area is 88.7 Å². The van der Waals surface area contributed by atoms with Gasteiger partial charge in [0.2, 0.25) is 0 Å². The molecule has 2 N–H and O–H groups in total. The van der Waals surface area contributed by atoms with Crippen molar-refractivity contribution >= 4 is 24.6 Å². The van der Waals surface area contributed by atoms with Crippen LogP contribution in [-0.4, -0.2) is 27.4 Å². The summed E-state index contributed by atoms with van der Waals surface area (Å²) in [7, 11) is 0. The van der Waals surface area contributed by atoms with Crippen LogP contribution in [0.4, 0.5) is 0 Å². The number of hydrogen-bond donors (Lipinski definition) is 3. The zero-order valence-electron chi connectivity index (χ0n) is 8.30. The van der Waals surface area contributed by atoms with Gasteiger partial charge >= 0.3 is 11.9 Å². The minimum Gasteiger partial charge on any atom is -0.481 e. The summed E-state index contributed by atoms with van der Waals surface area (Å²) >= 11 is 4.19. The van der Waals surface area contributed by atoms with Gasteiger partial charge in [0.15, 0.2) is 0 Å². The van der Waals surface area contributed by atoms with Crippen LogP contribution in [0.1, 0.15) is 26.7 Å². The van der Waals surface area contributed by atoms with Gasteiger partial charge in [-0.1, -0.05) is 13.8 Å². The van der Waals surface area contributed by atoms with E-state index in [4.69, 9.17) is 10.2 Å². The Hall–Kier alpha value is -0.710. The largest absolute Gasteiger partial charge is 0.481 e. The van der Waals surface area contributed by atoms with Crippen LogP contribution < -0.4 is 0 Å². The van der Waals surface area contributed by atoms with E-state index >= 15 is 0 Å². The van der Waals surface area contributed by atoms with Crippen molar-refractivity contribution in [3.8, 4) is 0 Å². The van der Waals surface area contributed by atoms with Gasteiger partial charge in [-0.15, -0.1) is 0 Å². The molecule has 0 radical (unpaired) electrons. The highest BCUT2D eigenvalue weighted by Crippen LogP contribution is 2.23. The first-order valence-electron chi connectivity index (χ1n) is 4.49. The van der Waals surface area contributed by atoms with E-state index in [1.54, 1.807) is 0 Å². The number of rotatable bonds is 6. The maximum atomic E-state index is 10.8. The molecule has 0 saturated heterocycles. The van der Waals surface area contributed by atoms with Gasteiger partial charge in [0.1, 0.15) is 0 Å². The van der Waals surface area contributed by atoms with E-state index < -0.39 is 17.9 Å². The summed E-state index contributed by atoms with van der Waals surface area (Å²) in [6.45, 7) is 3.74. The second-order valence-electron chi connectivity index (χ2n) is 3.61. The van der Waals surface area contributed by atoms with Crippen molar-refractivity contribution in [3.63, 3.8) is 0 Å². The van der Waals surface area contributed by atoms with Crippen LogP contribution in [0.15, 0.2) is 0 Å². The molecule has 2 atom stereocenters. The van der Waals surface area contributed by atoms with E-state index in [0.717, 1.165) is 0 Å². The second kappa shape index (κ2) is 5.90. The van der Waals surface area contributed by atoms with E-state index in [-0.39, 0.29) is 24.0 Å². The summed E-state index contributed by atoms with van der Waals surface area (Å²) in [5.74, 6) is -2.51. The van der Waals surface area contributed by atoms with Crippen molar-refractivity contribution in [3.05, 3.63) is 0 Å². The first-order valence-corrected chi connectivity index (χ1v) is 5.00. The fourth-order valence-electron chi connectivity index (χ4n) is 1.18. The van der Waals surface area contributed by atoms with Gasteiger partial charge in [0.25, 0.3) is 0 Å². The number of carboxylic acid groups (broad SMARTS) is 2. The van der Waals surface area contributed by atoms with Gasteiger partial charge in [-0.25, -0.2) is 0 Å². The van der Waals surface area contributed by atoms with Crippen LogP contribution in [0.5, 0.6) is 0 Å². The van der Waals surface area contributed by atoms with E-state index in [1.165, 1.54) is 0 Å². The Morgan fingerprint density at radius 3 is 2.07 bits per heavy atom. The zero-order valence-corrected chi connectivity index (χ0v) is 9.20. The molecule has 0 heterocycles. The lowest BCUT2D eigenvalue weighted by Gasteiger charge is -2.21. The normalized spacial score (nSPS) is 15.1. The molecule has 5 heteroatoms. The third kappa shape index (κ3) is 4.50. The van der Waals surface area contributed by atoms with Gasteiger partial charge in [0.05, 0.1) is 5.92 Å². The Morgan fingerprint density at radius 2 is 1.79 bits per heavy atom. The SMILES string of the molecule is CC(C)C(S)C(CCC(=O)O)C(=O)O. The minimum absolute atomic E-state index is 0.119. The van der Waals surface area contributed by atoms with Crippen molar-refractivity contribution in [1.82, 2.24) is 0 Å². The average Bonchev–Trinajstić information content (AvgIpc) is 2.02. The fourth-order valence-corrected chi connectivity index (χ4v) is 1.46. The summed E-state index contributed by atoms with van der Waals surface area (Å²) < 4.78 is 0. The van der Waals surface area contributed by atoms with E-state index in [1.807, 2.05) is 13.8 Å². The molecule has 0 aliphatic heterocycles. The summed E-state index contributed by atoms with van der Waals surface area (Å²) in [4.78, 5) is 21.1. The standard InChI is InChI=1S/C9H16O4S/c1-5(2)8(14)6(9(12)13)3-4-7(10)11/h5-6,8,14H,3-4H2,1-2H3,(H,10,11)(H,12,13). The molecule has 0 amide bonds. The fraction of sp³-hybridized carbons (Fsp3) is 0.778. The number of carboxylic acids is 2. The molecule has 0 spiro atoms. The van der Waals surface area contributed by atoms with Crippen LogP contribution in [0.25, 0.3) is 0 Å². The van der Waals surface area contributed by atoms with E-state index in [9.17, 15) is 9.59 Å². The summed E-state index contributed by atoms with van der Waals surface area (Å²) in [5.41, 5.74) is 0. The third-order valence-corrected chi connectivity index (χ3v) is 3.04. The van der Waals surface area contributed by atoms with Crippen molar-refractivity contribution < 1.29 is 19.8 Å². The highest BCUT2D eigenvalue weighted by Gasteiger charge is 2.27. The molecular formula is C9H16O4S. The summed E-state index contributed by atoms with van der Waals surface area (Å²) in [6, 6.07) is 0. The molecule has 0 bridgehead atoms. The second-order valence-corrected chi connectivity index (χ2v) is 4.21. The predicted molar refractivity (Wildman–Crippen MR) is 55.6 cm³/mol. The average molecular weight is 220 g/mol. The first kappa shape index (κ1) is 13.3. The van der Waals surface area contributed by atoms with Crippen molar-refractivity contribution in [1.29, 1.82) is 0 Å². The maximum Gasteiger partial charge on any atom is 0.307 e. The molecule has 4 nitrogen and oxygen atoms in total. The maximum absolute atomic E-state index is 10.8. The number of carbonyl (C=O) groups is 2. The van der Waals surface area contributed by atoms with Crippen LogP contribution in [0.2, 0.25) is 0 Å². The Balaban J connectivity index is 4.29. The molecule has 0 aliphatic rings. The molecular weight excluding hydrogens is 204 g/mol. The van der Waals surface area contributed by atoms with Crippen LogP contribution in [0, 0.1) is 11.8 Å². The molecule has 0 saturated carbocycles. The van der Waals surface area contributed by atoms with Gasteiger partial charge in [-0.2, -0.15) is 12.6 Å². The molecule has 0 fully saturated rings. The molecule has 0 aliphatic carbocycles. The molecule has 14 heavy (non-hydrogen) atoms. The van der Waals surface area contributed by atoms with Crippen molar-refractivity contribution in [2.45, 2.75) is 31.9 Å². The highest BCUT2D eigenvalue weighted by atomic mass is 32.1. The smallest absolute Gasteiger partial charge is 0.307 e. The van der Waals surface area contributed by atoms with Crippen LogP contribution in [-0.2, 0) is 9.59 Å². The van der Waals surface area contributed by atoms with E-state index in [0.29, 0.717) is 0 Å². The number of thiol groups is 1. The predicted octanol–water partition coefficient (Wildman–Crippen LogP) is 1.51. The zero-order chi connectivity index (χ0) is 11.3. The lowest BCUT2D eigenvalue weighted by atomic mass is 9.92. The lowest BCUT2D eigenvalue weighted by molar-refractivity contribution is -0.143. The lowest BCUT2D eigenvalue weighted by Crippen LogP contribution is -2.28. The molecule has 0 aromatic heterocycles. The Kier molecular flexibility index (Phi) is 5.60. The first-order chi connectivity index (χ1) is 6.36. The van der Waals surface area contributed by atoms with Gasteiger partial charge in [0, 0.05) is 11.7 Å². The Morgan fingerprint density at radius 1 is 1.29 bits per heavy atom. The topological polar surface area (TPSA) is 74.6 Å². The van der Waals surface area contributed by atoms with E-state index in [2.05, 4.69) is 12.6 Å². The van der Waals surface area contributed by atoms with Crippen molar-refractivity contribution in [2.24, 2.45) is 11.8 Å². The highest BCUT2D eigenvalue weighted by molar-refractivity contribution is 7.81. The molecule has 82 valence electrons. The number of hydrogen-bond acceptors (Lipinski definition) is 3. The van der Waals surface area contributed by atoms with Crippen LogP contribution >= 0.6 is 12.6 Å².